The van der Waals surface area contributed by atoms with Gasteiger partial charge in [-0.2, -0.15) is 0 Å². The van der Waals surface area contributed by atoms with Gasteiger partial charge in [-0.15, -0.1) is 0 Å². The molecule has 0 amide bonds. The summed E-state index contributed by atoms with van der Waals surface area (Å²) in [6.45, 7) is 0. The lowest BCUT2D eigenvalue weighted by atomic mass is 9.94. The minimum absolute atomic E-state index is 0.476. The van der Waals surface area contributed by atoms with Crippen molar-refractivity contribution in [3.8, 4) is 0 Å². The van der Waals surface area contributed by atoms with Crippen molar-refractivity contribution in [3.63, 3.8) is 0 Å². The fraction of sp³-hybridized carbons (Fsp3) is 0.875. The van der Waals surface area contributed by atoms with Crippen LogP contribution in [0.5, 0.6) is 0 Å². The average molecular weight is 141 g/mol. The van der Waals surface area contributed by atoms with Crippen LogP contribution in [0.15, 0.2) is 0 Å². The van der Waals surface area contributed by atoms with Gasteiger partial charge >= 0.3 is 0 Å². The molecule has 0 aromatic carbocycles. The molecular weight excluding hydrogens is 126 g/mol. The lowest BCUT2D eigenvalue weighted by molar-refractivity contribution is -0.112. The zero-order chi connectivity index (χ0) is 7.45. The molecule has 1 aliphatic carbocycles. The zero-order valence-electron chi connectivity index (χ0n) is 6.31. The van der Waals surface area contributed by atoms with E-state index in [1.54, 1.807) is 0 Å². The molecule has 0 bridgehead atoms. The Morgan fingerprint density at radius 2 is 1.60 bits per heavy atom. The number of nitrogens with two attached hydrogens (primary N) is 1. The minimum Gasteiger partial charge on any atom is -0.319 e. The van der Waals surface area contributed by atoms with Crippen LogP contribution in [0.4, 0.5) is 0 Å². The second-order valence-electron chi connectivity index (χ2n) is 3.27. The molecule has 1 saturated carbocycles. The first-order valence-corrected chi connectivity index (χ1v) is 4.02. The highest BCUT2D eigenvalue weighted by Crippen LogP contribution is 2.22. The van der Waals surface area contributed by atoms with Gasteiger partial charge in [0, 0.05) is 0 Å². The summed E-state index contributed by atoms with van der Waals surface area (Å²) < 4.78 is 0. The van der Waals surface area contributed by atoms with Crippen molar-refractivity contribution in [1.82, 2.24) is 0 Å². The summed E-state index contributed by atoms with van der Waals surface area (Å²) in [5.74, 6) is 0. The molecule has 0 radical (unpaired) electrons. The van der Waals surface area contributed by atoms with E-state index in [1.165, 1.54) is 12.8 Å². The molecule has 2 nitrogen and oxygen atoms in total. The highest BCUT2D eigenvalue weighted by Gasteiger charge is 2.24. The fourth-order valence-corrected chi connectivity index (χ4v) is 1.50. The minimum atomic E-state index is -0.476. The molecule has 58 valence electrons. The molecule has 0 spiro atoms. The van der Waals surface area contributed by atoms with Crippen LogP contribution in [0.2, 0.25) is 0 Å². The van der Waals surface area contributed by atoms with Crippen molar-refractivity contribution < 1.29 is 4.79 Å². The SMILES string of the molecule is NC1(C=O)CCCCCC1. The molecule has 0 saturated heterocycles. The normalized spacial score (nSPS) is 25.3. The Labute approximate surface area is 61.8 Å². The third-order valence-corrected chi connectivity index (χ3v) is 2.27. The average Bonchev–Trinajstić information content (AvgIpc) is 2.15. The van der Waals surface area contributed by atoms with Gasteiger partial charge in [0.1, 0.15) is 6.29 Å². The highest BCUT2D eigenvalue weighted by atomic mass is 16.1. The van der Waals surface area contributed by atoms with Crippen molar-refractivity contribution in [3.05, 3.63) is 0 Å². The molecule has 0 aromatic rings. The lowest BCUT2D eigenvalue weighted by Crippen LogP contribution is -2.40. The van der Waals surface area contributed by atoms with E-state index in [0.717, 1.165) is 32.0 Å². The van der Waals surface area contributed by atoms with E-state index in [-0.39, 0.29) is 0 Å². The van der Waals surface area contributed by atoms with Crippen molar-refractivity contribution in [1.29, 1.82) is 0 Å². The van der Waals surface area contributed by atoms with Crippen molar-refractivity contribution in [2.75, 3.05) is 0 Å². The lowest BCUT2D eigenvalue weighted by Gasteiger charge is -2.19. The molecule has 2 N–H and O–H groups in total. The molecule has 0 aromatic heterocycles. The Kier molecular flexibility index (Phi) is 2.44. The Balaban J connectivity index is 2.48. The van der Waals surface area contributed by atoms with Gasteiger partial charge in [0.25, 0.3) is 0 Å². The van der Waals surface area contributed by atoms with Crippen LogP contribution in [0.1, 0.15) is 38.5 Å². The van der Waals surface area contributed by atoms with Crippen LogP contribution in [-0.2, 0) is 4.79 Å². The first-order valence-electron chi connectivity index (χ1n) is 4.02. The van der Waals surface area contributed by atoms with Gasteiger partial charge in [-0.3, -0.25) is 0 Å². The quantitative estimate of drug-likeness (QED) is 0.441. The summed E-state index contributed by atoms with van der Waals surface area (Å²) in [5.41, 5.74) is 5.31. The van der Waals surface area contributed by atoms with E-state index in [1.807, 2.05) is 0 Å². The Morgan fingerprint density at radius 3 is 2.00 bits per heavy atom. The van der Waals surface area contributed by atoms with Gasteiger partial charge in [-0.05, 0) is 12.8 Å². The van der Waals surface area contributed by atoms with Crippen molar-refractivity contribution in [2.24, 2.45) is 5.73 Å². The Bertz CT molecular complexity index is 114. The largest absolute Gasteiger partial charge is 0.319 e. The smallest absolute Gasteiger partial charge is 0.139 e. The van der Waals surface area contributed by atoms with Crippen LogP contribution in [-0.4, -0.2) is 11.8 Å². The summed E-state index contributed by atoms with van der Waals surface area (Å²) in [5, 5.41) is 0. The first kappa shape index (κ1) is 7.73. The Morgan fingerprint density at radius 1 is 1.10 bits per heavy atom. The van der Waals surface area contributed by atoms with Crippen LogP contribution in [0.25, 0.3) is 0 Å². The molecule has 1 rings (SSSR count). The van der Waals surface area contributed by atoms with Crippen LogP contribution in [0.3, 0.4) is 0 Å². The summed E-state index contributed by atoms with van der Waals surface area (Å²) in [4.78, 5) is 10.5. The predicted octanol–water partition coefficient (Wildman–Crippen LogP) is 1.24. The maximum absolute atomic E-state index is 10.5. The molecule has 0 heterocycles. The van der Waals surface area contributed by atoms with Gasteiger partial charge in [0.2, 0.25) is 0 Å². The molecule has 1 fully saturated rings. The maximum Gasteiger partial charge on any atom is 0.139 e. The number of carbonyl (C=O) groups excluding carboxylic acids is 1. The highest BCUT2D eigenvalue weighted by molar-refractivity contribution is 5.63. The van der Waals surface area contributed by atoms with Gasteiger partial charge < -0.3 is 10.5 Å². The van der Waals surface area contributed by atoms with Gasteiger partial charge in [-0.1, -0.05) is 25.7 Å². The fourth-order valence-electron chi connectivity index (χ4n) is 1.50. The molecule has 0 atom stereocenters. The molecule has 2 heteroatoms. The first-order chi connectivity index (χ1) is 4.77. The number of hydrogen-bond donors (Lipinski definition) is 1. The van der Waals surface area contributed by atoms with Crippen molar-refractivity contribution >= 4 is 6.29 Å². The third kappa shape index (κ3) is 1.81. The number of hydrogen-bond acceptors (Lipinski definition) is 2. The second-order valence-corrected chi connectivity index (χ2v) is 3.27. The number of aldehydes is 1. The van der Waals surface area contributed by atoms with E-state index in [9.17, 15) is 4.79 Å². The monoisotopic (exact) mass is 141 g/mol. The summed E-state index contributed by atoms with van der Waals surface area (Å²) >= 11 is 0. The van der Waals surface area contributed by atoms with Gasteiger partial charge in [-0.25, -0.2) is 0 Å². The van der Waals surface area contributed by atoms with E-state index >= 15 is 0 Å². The second kappa shape index (κ2) is 3.15. The topological polar surface area (TPSA) is 43.1 Å². The van der Waals surface area contributed by atoms with Crippen LogP contribution >= 0.6 is 0 Å². The van der Waals surface area contributed by atoms with Gasteiger partial charge in [0.15, 0.2) is 0 Å². The van der Waals surface area contributed by atoms with E-state index in [4.69, 9.17) is 5.73 Å². The summed E-state index contributed by atoms with van der Waals surface area (Å²) in [7, 11) is 0. The maximum atomic E-state index is 10.5. The summed E-state index contributed by atoms with van der Waals surface area (Å²) in [6, 6.07) is 0. The van der Waals surface area contributed by atoms with Crippen molar-refractivity contribution in [2.45, 2.75) is 44.1 Å². The molecule has 0 aliphatic heterocycles. The summed E-state index contributed by atoms with van der Waals surface area (Å²) in [6.07, 6.45) is 7.43. The van der Waals surface area contributed by atoms with E-state index in [0.29, 0.717) is 0 Å². The van der Waals surface area contributed by atoms with E-state index in [2.05, 4.69) is 0 Å². The third-order valence-electron chi connectivity index (χ3n) is 2.27. The van der Waals surface area contributed by atoms with Crippen LogP contribution < -0.4 is 5.73 Å². The van der Waals surface area contributed by atoms with Crippen LogP contribution in [0, 0.1) is 0 Å². The predicted molar refractivity (Wildman–Crippen MR) is 40.7 cm³/mol. The molecule has 0 unspecified atom stereocenters. The van der Waals surface area contributed by atoms with E-state index < -0.39 is 5.54 Å². The standard InChI is InChI=1S/C8H15NO/c9-8(7-10)5-3-1-2-4-6-8/h7H,1-6,9H2. The molecule has 10 heavy (non-hydrogen) atoms. The Hall–Kier alpha value is -0.370. The van der Waals surface area contributed by atoms with Gasteiger partial charge in [0.05, 0.1) is 5.54 Å². The number of rotatable bonds is 1. The zero-order valence-corrected chi connectivity index (χ0v) is 6.31. The molecular formula is C8H15NO. The number of carbonyl (C=O) groups is 1. The molecule has 1 aliphatic rings.